The van der Waals surface area contributed by atoms with E-state index in [0.717, 1.165) is 17.9 Å². The molecule has 0 atom stereocenters. The van der Waals surface area contributed by atoms with E-state index in [1.54, 1.807) is 0 Å². The lowest BCUT2D eigenvalue weighted by molar-refractivity contribution is 0.103. The molecule has 0 saturated heterocycles. The smallest absolute Gasteiger partial charge is 0.265 e. The van der Waals surface area contributed by atoms with Gasteiger partial charge in [0.25, 0.3) is 5.91 Å². The third kappa shape index (κ3) is 2.66. The number of hydrogen-bond donors (Lipinski definition) is 2. The summed E-state index contributed by atoms with van der Waals surface area (Å²) >= 11 is 3.39. The lowest BCUT2D eigenvalue weighted by Crippen LogP contribution is -2.11. The molecule has 6 heteroatoms. The summed E-state index contributed by atoms with van der Waals surface area (Å²) in [5.74, 6) is 1.41. The largest absolute Gasteiger partial charge is 0.397 e. The number of aryl methyl sites for hydroxylation is 1. The van der Waals surface area contributed by atoms with Gasteiger partial charge in [0.05, 0.1) is 16.3 Å². The first-order chi connectivity index (χ1) is 9.63. The predicted octanol–water partition coefficient (Wildman–Crippen LogP) is 3.51. The standard InChI is InChI=1S/C14H13FN2OS2/c15-9-1-2-10(16)11(6-9)17-14(18)13-5-8-7-19-4-3-12(8)20-13/h1-2,5-6H,3-4,7,16H2,(H,17,18). The molecule has 1 aromatic heterocycles. The van der Waals surface area contributed by atoms with Crippen molar-refractivity contribution in [3.63, 3.8) is 0 Å². The second-order valence-corrected chi connectivity index (χ2v) is 6.79. The van der Waals surface area contributed by atoms with Crippen molar-refractivity contribution in [1.82, 2.24) is 0 Å². The summed E-state index contributed by atoms with van der Waals surface area (Å²) in [6, 6.07) is 5.88. The molecule has 0 saturated carbocycles. The maximum Gasteiger partial charge on any atom is 0.265 e. The van der Waals surface area contributed by atoms with E-state index in [2.05, 4.69) is 5.32 Å². The van der Waals surface area contributed by atoms with E-state index in [9.17, 15) is 9.18 Å². The Kier molecular flexibility index (Phi) is 3.67. The molecule has 0 spiro atoms. The average Bonchev–Trinajstić information content (AvgIpc) is 2.87. The van der Waals surface area contributed by atoms with Gasteiger partial charge in [-0.3, -0.25) is 4.79 Å². The third-order valence-electron chi connectivity index (χ3n) is 3.11. The van der Waals surface area contributed by atoms with E-state index < -0.39 is 5.82 Å². The molecule has 0 radical (unpaired) electrons. The molecule has 1 aliphatic heterocycles. The minimum atomic E-state index is -0.420. The highest BCUT2D eigenvalue weighted by Crippen LogP contribution is 2.32. The summed E-state index contributed by atoms with van der Waals surface area (Å²) < 4.78 is 13.2. The summed E-state index contributed by atoms with van der Waals surface area (Å²) in [6.07, 6.45) is 1.01. The third-order valence-corrected chi connectivity index (χ3v) is 5.36. The van der Waals surface area contributed by atoms with Crippen LogP contribution in [0.1, 0.15) is 20.1 Å². The van der Waals surface area contributed by atoms with Gasteiger partial charge in [-0.15, -0.1) is 11.3 Å². The first kappa shape index (κ1) is 13.5. The first-order valence-electron chi connectivity index (χ1n) is 6.19. The van der Waals surface area contributed by atoms with Crippen LogP contribution in [-0.2, 0) is 12.2 Å². The Balaban J connectivity index is 1.82. The van der Waals surface area contributed by atoms with Crippen LogP contribution in [-0.4, -0.2) is 11.7 Å². The van der Waals surface area contributed by atoms with E-state index in [4.69, 9.17) is 5.73 Å². The molecule has 1 aromatic carbocycles. The van der Waals surface area contributed by atoms with Gasteiger partial charge in [-0.2, -0.15) is 11.8 Å². The zero-order chi connectivity index (χ0) is 14.1. The quantitative estimate of drug-likeness (QED) is 0.835. The Bertz CT molecular complexity index is 646. The number of thioether (sulfide) groups is 1. The molecule has 104 valence electrons. The molecule has 20 heavy (non-hydrogen) atoms. The van der Waals surface area contributed by atoms with Gasteiger partial charge in [-0.25, -0.2) is 4.39 Å². The lowest BCUT2D eigenvalue weighted by atomic mass is 10.2. The van der Waals surface area contributed by atoms with Crippen molar-refractivity contribution < 1.29 is 9.18 Å². The fraction of sp³-hybridized carbons (Fsp3) is 0.214. The molecule has 0 fully saturated rings. The summed E-state index contributed by atoms with van der Waals surface area (Å²) in [5.41, 5.74) is 7.64. The van der Waals surface area contributed by atoms with Crippen molar-refractivity contribution in [3.8, 4) is 0 Å². The molecule has 3 rings (SSSR count). The van der Waals surface area contributed by atoms with Gasteiger partial charge in [0.1, 0.15) is 5.82 Å². The summed E-state index contributed by atoms with van der Waals surface area (Å²) in [4.78, 5) is 14.1. The molecular formula is C14H13FN2OS2. The Morgan fingerprint density at radius 3 is 3.00 bits per heavy atom. The number of amides is 1. The van der Waals surface area contributed by atoms with Crippen molar-refractivity contribution in [2.45, 2.75) is 12.2 Å². The molecule has 0 unspecified atom stereocenters. The normalized spacial score (nSPS) is 13.8. The minimum Gasteiger partial charge on any atom is -0.397 e. The number of nitrogens with two attached hydrogens (primary N) is 1. The maximum absolute atomic E-state index is 13.2. The van der Waals surface area contributed by atoms with Gasteiger partial charge in [0.2, 0.25) is 0 Å². The Labute approximate surface area is 124 Å². The van der Waals surface area contributed by atoms with Crippen molar-refractivity contribution >= 4 is 40.4 Å². The number of benzene rings is 1. The molecule has 2 heterocycles. The van der Waals surface area contributed by atoms with Gasteiger partial charge >= 0.3 is 0 Å². The van der Waals surface area contributed by atoms with Crippen LogP contribution in [0.2, 0.25) is 0 Å². The molecule has 0 aliphatic carbocycles. The monoisotopic (exact) mass is 308 g/mol. The van der Waals surface area contributed by atoms with E-state index in [-0.39, 0.29) is 5.91 Å². The lowest BCUT2D eigenvalue weighted by Gasteiger charge is -2.08. The highest BCUT2D eigenvalue weighted by molar-refractivity contribution is 7.98. The zero-order valence-corrected chi connectivity index (χ0v) is 12.2. The van der Waals surface area contributed by atoms with Gasteiger partial charge in [0.15, 0.2) is 0 Å². The van der Waals surface area contributed by atoms with Crippen LogP contribution < -0.4 is 11.1 Å². The number of rotatable bonds is 2. The van der Waals surface area contributed by atoms with Gasteiger partial charge in [-0.05, 0) is 42.0 Å². The zero-order valence-electron chi connectivity index (χ0n) is 10.6. The maximum atomic E-state index is 13.2. The van der Waals surface area contributed by atoms with Crippen LogP contribution in [0.3, 0.4) is 0 Å². The Hall–Kier alpha value is -1.53. The number of carbonyl (C=O) groups is 1. The van der Waals surface area contributed by atoms with Gasteiger partial charge in [-0.1, -0.05) is 0 Å². The second-order valence-electron chi connectivity index (χ2n) is 4.55. The summed E-state index contributed by atoms with van der Waals surface area (Å²) in [5, 5.41) is 2.68. The number of anilines is 2. The summed E-state index contributed by atoms with van der Waals surface area (Å²) in [7, 11) is 0. The van der Waals surface area contributed by atoms with Gasteiger partial charge < -0.3 is 11.1 Å². The van der Waals surface area contributed by atoms with Crippen LogP contribution in [0.15, 0.2) is 24.3 Å². The number of halogens is 1. The molecule has 3 nitrogen and oxygen atoms in total. The van der Waals surface area contributed by atoms with Crippen LogP contribution in [0.25, 0.3) is 0 Å². The SMILES string of the molecule is Nc1ccc(F)cc1NC(=O)c1cc2c(s1)CCSC2. The second kappa shape index (κ2) is 5.46. The van der Waals surface area contributed by atoms with Crippen molar-refractivity contribution in [2.75, 3.05) is 16.8 Å². The molecule has 2 aromatic rings. The number of nitrogens with one attached hydrogen (secondary N) is 1. The predicted molar refractivity (Wildman–Crippen MR) is 83.0 cm³/mol. The van der Waals surface area contributed by atoms with E-state index >= 15 is 0 Å². The van der Waals surface area contributed by atoms with Crippen LogP contribution >= 0.6 is 23.1 Å². The fourth-order valence-corrected chi connectivity index (χ4v) is 4.35. The molecule has 1 amide bonds. The number of carbonyl (C=O) groups excluding carboxylic acids is 1. The van der Waals surface area contributed by atoms with Crippen LogP contribution in [0.5, 0.6) is 0 Å². The molecule has 0 bridgehead atoms. The van der Waals surface area contributed by atoms with E-state index in [0.29, 0.717) is 16.3 Å². The molecule has 1 aliphatic rings. The topological polar surface area (TPSA) is 55.1 Å². The Morgan fingerprint density at radius 2 is 2.20 bits per heavy atom. The van der Waals surface area contributed by atoms with Crippen molar-refractivity contribution in [3.05, 3.63) is 45.4 Å². The number of hydrogen-bond acceptors (Lipinski definition) is 4. The highest BCUT2D eigenvalue weighted by Gasteiger charge is 2.18. The minimum absolute atomic E-state index is 0.230. The number of thiophene rings is 1. The van der Waals surface area contributed by atoms with Crippen molar-refractivity contribution in [1.29, 1.82) is 0 Å². The average molecular weight is 308 g/mol. The number of fused-ring (bicyclic) bond motifs is 1. The fourth-order valence-electron chi connectivity index (χ4n) is 2.08. The molecular weight excluding hydrogens is 295 g/mol. The van der Waals surface area contributed by atoms with Crippen LogP contribution in [0, 0.1) is 5.82 Å². The van der Waals surface area contributed by atoms with Crippen molar-refractivity contribution in [2.24, 2.45) is 0 Å². The van der Waals surface area contributed by atoms with Crippen LogP contribution in [0.4, 0.5) is 15.8 Å². The summed E-state index contributed by atoms with van der Waals surface area (Å²) in [6.45, 7) is 0. The molecule has 3 N–H and O–H groups in total. The number of nitrogen functional groups attached to an aromatic ring is 1. The van der Waals surface area contributed by atoms with E-state index in [1.165, 1.54) is 40.0 Å². The Morgan fingerprint density at radius 1 is 1.35 bits per heavy atom. The van der Waals surface area contributed by atoms with E-state index in [1.807, 2.05) is 17.8 Å². The first-order valence-corrected chi connectivity index (χ1v) is 8.16. The van der Waals surface area contributed by atoms with Gasteiger partial charge in [0, 0.05) is 10.6 Å². The highest BCUT2D eigenvalue weighted by atomic mass is 32.2.